The van der Waals surface area contributed by atoms with Gasteiger partial charge in [0.15, 0.2) is 6.10 Å². The standard InChI is InChI=1S/C30H23N3O4/c34-29(22-15-17-23(18-16-22)33(35)36)30-28(24-13-7-8-14-27(24)37-30)32-26(21-11-5-2-6-12-21)19-25(31-32)20-9-3-1-4-10-20/h1-18,26,28,30H,19H2. The molecule has 0 saturated carbocycles. The number of nitro benzene ring substituents is 1. The summed E-state index contributed by atoms with van der Waals surface area (Å²) in [6.07, 6.45) is -0.172. The van der Waals surface area contributed by atoms with E-state index in [0.29, 0.717) is 17.7 Å². The number of para-hydroxylation sites is 1. The van der Waals surface area contributed by atoms with Crippen molar-refractivity contribution < 1.29 is 14.5 Å². The normalized spacial score (nSPS) is 20.2. The van der Waals surface area contributed by atoms with Crippen LogP contribution in [0.15, 0.2) is 114 Å². The summed E-state index contributed by atoms with van der Waals surface area (Å²) in [5, 5.41) is 18.2. The third kappa shape index (κ3) is 4.14. The zero-order valence-corrected chi connectivity index (χ0v) is 19.8. The lowest BCUT2D eigenvalue weighted by atomic mass is 9.93. The van der Waals surface area contributed by atoms with Crippen molar-refractivity contribution in [3.8, 4) is 5.75 Å². The third-order valence-electron chi connectivity index (χ3n) is 6.92. The maximum Gasteiger partial charge on any atom is 0.269 e. The molecule has 0 amide bonds. The maximum absolute atomic E-state index is 13.8. The fourth-order valence-corrected chi connectivity index (χ4v) is 5.12. The average Bonchev–Trinajstić information content (AvgIpc) is 3.56. The van der Waals surface area contributed by atoms with E-state index in [1.807, 2.05) is 77.8 Å². The number of Topliss-reactive ketones (excluding diaryl/α,β-unsaturated/α-hetero) is 1. The largest absolute Gasteiger partial charge is 0.479 e. The minimum atomic E-state index is -0.857. The molecule has 0 radical (unpaired) electrons. The van der Waals surface area contributed by atoms with E-state index in [4.69, 9.17) is 9.84 Å². The van der Waals surface area contributed by atoms with Gasteiger partial charge in [-0.05, 0) is 29.3 Å². The van der Waals surface area contributed by atoms with Gasteiger partial charge in [-0.25, -0.2) is 0 Å². The average molecular weight is 490 g/mol. The number of carbonyl (C=O) groups excluding carboxylic acids is 1. The van der Waals surface area contributed by atoms with E-state index in [-0.39, 0.29) is 17.5 Å². The number of hydrazone groups is 1. The van der Waals surface area contributed by atoms with Crippen LogP contribution in [0, 0.1) is 10.1 Å². The number of nitro groups is 1. The van der Waals surface area contributed by atoms with Crippen molar-refractivity contribution >= 4 is 17.2 Å². The number of fused-ring (bicyclic) bond motifs is 1. The predicted molar refractivity (Wildman–Crippen MR) is 140 cm³/mol. The summed E-state index contributed by atoms with van der Waals surface area (Å²) in [5.74, 6) is 0.397. The zero-order valence-electron chi connectivity index (χ0n) is 19.8. The van der Waals surface area contributed by atoms with Crippen molar-refractivity contribution in [3.05, 3.63) is 142 Å². The molecule has 0 aromatic heterocycles. The Morgan fingerprint density at radius 3 is 2.22 bits per heavy atom. The van der Waals surface area contributed by atoms with Gasteiger partial charge in [0.1, 0.15) is 11.8 Å². The number of carbonyl (C=O) groups is 1. The second kappa shape index (κ2) is 9.35. The van der Waals surface area contributed by atoms with E-state index < -0.39 is 17.1 Å². The summed E-state index contributed by atoms with van der Waals surface area (Å²) in [7, 11) is 0. The fourth-order valence-electron chi connectivity index (χ4n) is 5.12. The topological polar surface area (TPSA) is 85.0 Å². The summed E-state index contributed by atoms with van der Waals surface area (Å²) in [4.78, 5) is 24.4. The molecule has 4 aromatic rings. The molecule has 0 bridgehead atoms. The Morgan fingerprint density at radius 2 is 1.51 bits per heavy atom. The van der Waals surface area contributed by atoms with Gasteiger partial charge in [0.25, 0.3) is 5.69 Å². The Morgan fingerprint density at radius 1 is 0.865 bits per heavy atom. The van der Waals surface area contributed by atoms with E-state index in [1.54, 1.807) is 0 Å². The summed E-state index contributed by atoms with van der Waals surface area (Å²) in [6, 6.07) is 33.0. The Labute approximate surface area is 213 Å². The van der Waals surface area contributed by atoms with Gasteiger partial charge in [-0.15, -0.1) is 0 Å². The summed E-state index contributed by atoms with van der Waals surface area (Å²) < 4.78 is 6.26. The van der Waals surface area contributed by atoms with Gasteiger partial charge >= 0.3 is 0 Å². The maximum atomic E-state index is 13.8. The second-order valence-electron chi connectivity index (χ2n) is 9.11. The molecule has 0 N–H and O–H groups in total. The van der Waals surface area contributed by atoms with Crippen LogP contribution in [0.1, 0.15) is 45.6 Å². The fraction of sp³-hybridized carbons (Fsp3) is 0.133. The van der Waals surface area contributed by atoms with E-state index in [0.717, 1.165) is 22.4 Å². The van der Waals surface area contributed by atoms with Gasteiger partial charge in [0.2, 0.25) is 5.78 Å². The van der Waals surface area contributed by atoms with Crippen LogP contribution < -0.4 is 4.74 Å². The number of hydrogen-bond acceptors (Lipinski definition) is 6. The minimum Gasteiger partial charge on any atom is -0.479 e. The monoisotopic (exact) mass is 489 g/mol. The quantitative estimate of drug-likeness (QED) is 0.185. The van der Waals surface area contributed by atoms with E-state index >= 15 is 0 Å². The lowest BCUT2D eigenvalue weighted by Crippen LogP contribution is -2.38. The van der Waals surface area contributed by atoms with Crippen molar-refractivity contribution in [3.63, 3.8) is 0 Å². The molecule has 7 heteroatoms. The molecule has 4 aromatic carbocycles. The first-order valence-corrected chi connectivity index (χ1v) is 12.1. The zero-order chi connectivity index (χ0) is 25.4. The summed E-state index contributed by atoms with van der Waals surface area (Å²) in [6.45, 7) is 0. The number of non-ortho nitro benzene ring substituents is 1. The third-order valence-corrected chi connectivity index (χ3v) is 6.92. The smallest absolute Gasteiger partial charge is 0.269 e. The Hall–Kier alpha value is -4.78. The molecular formula is C30H23N3O4. The van der Waals surface area contributed by atoms with Crippen molar-refractivity contribution in [2.45, 2.75) is 24.6 Å². The molecule has 0 aliphatic carbocycles. The number of ketones is 1. The van der Waals surface area contributed by atoms with Crippen LogP contribution in [0.2, 0.25) is 0 Å². The Bertz CT molecular complexity index is 1490. The summed E-state index contributed by atoms with van der Waals surface area (Å²) >= 11 is 0. The predicted octanol–water partition coefficient (Wildman–Crippen LogP) is 6.13. The van der Waals surface area contributed by atoms with Crippen LogP contribution in [0.25, 0.3) is 0 Å². The molecular weight excluding hydrogens is 466 g/mol. The summed E-state index contributed by atoms with van der Waals surface area (Å²) in [5.41, 5.74) is 4.27. The number of rotatable bonds is 6. The van der Waals surface area contributed by atoms with Crippen molar-refractivity contribution in [1.82, 2.24) is 5.01 Å². The van der Waals surface area contributed by atoms with Gasteiger partial charge in [0, 0.05) is 29.7 Å². The second-order valence-corrected chi connectivity index (χ2v) is 9.11. The molecule has 0 saturated heterocycles. The molecule has 0 fully saturated rings. The number of nitrogens with zero attached hydrogens (tertiary/aromatic N) is 3. The lowest BCUT2D eigenvalue weighted by Gasteiger charge is -2.32. The molecule has 2 heterocycles. The van der Waals surface area contributed by atoms with Crippen LogP contribution in [0.4, 0.5) is 5.69 Å². The Balaban J connectivity index is 1.44. The van der Waals surface area contributed by atoms with Crippen LogP contribution in [0.5, 0.6) is 5.75 Å². The molecule has 3 unspecified atom stereocenters. The highest BCUT2D eigenvalue weighted by atomic mass is 16.6. The van der Waals surface area contributed by atoms with E-state index in [1.165, 1.54) is 24.3 Å². The number of benzene rings is 4. The van der Waals surface area contributed by atoms with Crippen LogP contribution >= 0.6 is 0 Å². The van der Waals surface area contributed by atoms with E-state index in [9.17, 15) is 14.9 Å². The Kier molecular flexibility index (Phi) is 5.73. The lowest BCUT2D eigenvalue weighted by molar-refractivity contribution is -0.384. The molecule has 7 nitrogen and oxygen atoms in total. The SMILES string of the molecule is O=C(c1ccc([N+](=O)[O-])cc1)C1Oc2ccccc2C1N1N=C(c2ccccc2)CC1c1ccccc1. The van der Waals surface area contributed by atoms with Crippen LogP contribution in [-0.4, -0.2) is 27.5 Å². The first-order chi connectivity index (χ1) is 18.1. The molecule has 3 atom stereocenters. The van der Waals surface area contributed by atoms with Crippen molar-refractivity contribution in [2.24, 2.45) is 5.10 Å². The van der Waals surface area contributed by atoms with Crippen molar-refractivity contribution in [2.75, 3.05) is 0 Å². The highest BCUT2D eigenvalue weighted by Crippen LogP contribution is 2.47. The molecule has 2 aliphatic heterocycles. The molecule has 37 heavy (non-hydrogen) atoms. The highest BCUT2D eigenvalue weighted by Gasteiger charge is 2.47. The molecule has 6 rings (SSSR count). The van der Waals surface area contributed by atoms with Crippen LogP contribution in [-0.2, 0) is 0 Å². The minimum absolute atomic E-state index is 0.0653. The highest BCUT2D eigenvalue weighted by molar-refractivity contribution is 6.03. The van der Waals surface area contributed by atoms with Gasteiger partial charge in [0.05, 0.1) is 16.7 Å². The molecule has 182 valence electrons. The first kappa shape index (κ1) is 22.7. The van der Waals surface area contributed by atoms with Gasteiger partial charge < -0.3 is 4.74 Å². The molecule has 0 spiro atoms. The first-order valence-electron chi connectivity index (χ1n) is 12.1. The van der Waals surface area contributed by atoms with Crippen LogP contribution in [0.3, 0.4) is 0 Å². The number of hydrogen-bond donors (Lipinski definition) is 0. The molecule has 2 aliphatic rings. The van der Waals surface area contributed by atoms with E-state index in [2.05, 4.69) is 12.1 Å². The number of ether oxygens (including phenoxy) is 1. The van der Waals surface area contributed by atoms with Crippen molar-refractivity contribution in [1.29, 1.82) is 0 Å². The van der Waals surface area contributed by atoms with Gasteiger partial charge in [-0.3, -0.25) is 19.9 Å². The van der Waals surface area contributed by atoms with Gasteiger partial charge in [-0.1, -0.05) is 78.9 Å². The van der Waals surface area contributed by atoms with Gasteiger partial charge in [-0.2, -0.15) is 5.10 Å².